The molecule has 2 rings (SSSR count). The molecule has 10 heteroatoms. The molecule has 0 saturated heterocycles. The first-order chi connectivity index (χ1) is 12.3. The minimum absolute atomic E-state index is 0.0376. The van der Waals surface area contributed by atoms with Crippen molar-refractivity contribution in [1.29, 1.82) is 0 Å². The Labute approximate surface area is 176 Å². The van der Waals surface area contributed by atoms with Gasteiger partial charge in [-0.25, -0.2) is 10.9 Å². The van der Waals surface area contributed by atoms with E-state index in [1.807, 2.05) is 38.1 Å². The highest BCUT2D eigenvalue weighted by molar-refractivity contribution is 9.11. The zero-order chi connectivity index (χ0) is 19.1. The Bertz CT molecular complexity index is 788. The number of hydrogen-bond acceptors (Lipinski definition) is 6. The summed E-state index contributed by atoms with van der Waals surface area (Å²) in [5.74, 6) is -0.643. The lowest BCUT2D eigenvalue weighted by molar-refractivity contribution is -0.126. The van der Waals surface area contributed by atoms with E-state index in [0.29, 0.717) is 11.4 Å². The van der Waals surface area contributed by atoms with E-state index < -0.39 is 0 Å². The van der Waals surface area contributed by atoms with E-state index in [1.165, 1.54) is 22.7 Å². The number of hydrazone groups is 2. The topological polar surface area (TPSA) is 82.9 Å². The fraction of sp³-hybridized carbons (Fsp3) is 0.250. The summed E-state index contributed by atoms with van der Waals surface area (Å²) in [5, 5.41) is 8.09. The van der Waals surface area contributed by atoms with E-state index in [2.05, 4.69) is 52.9 Å². The van der Waals surface area contributed by atoms with Gasteiger partial charge in [0, 0.05) is 12.8 Å². The molecule has 0 atom stereocenters. The van der Waals surface area contributed by atoms with E-state index in [4.69, 9.17) is 0 Å². The summed E-state index contributed by atoms with van der Waals surface area (Å²) in [6, 6.07) is 7.67. The van der Waals surface area contributed by atoms with Crippen molar-refractivity contribution in [2.75, 3.05) is 0 Å². The van der Waals surface area contributed by atoms with Crippen molar-refractivity contribution in [1.82, 2.24) is 10.9 Å². The number of nitrogens with one attached hydrogen (secondary N) is 2. The van der Waals surface area contributed by atoms with Crippen LogP contribution < -0.4 is 10.9 Å². The van der Waals surface area contributed by atoms with Gasteiger partial charge < -0.3 is 0 Å². The average molecular weight is 520 g/mol. The van der Waals surface area contributed by atoms with Crippen molar-refractivity contribution >= 4 is 77.8 Å². The Morgan fingerprint density at radius 2 is 1.23 bits per heavy atom. The molecule has 0 bridgehead atoms. The van der Waals surface area contributed by atoms with Crippen LogP contribution in [-0.2, 0) is 9.59 Å². The van der Waals surface area contributed by atoms with Crippen LogP contribution >= 0.6 is 54.5 Å². The van der Waals surface area contributed by atoms with E-state index >= 15 is 0 Å². The number of halogens is 2. The first kappa shape index (κ1) is 20.9. The largest absolute Gasteiger partial charge is 0.273 e. The highest BCUT2D eigenvalue weighted by atomic mass is 79.9. The van der Waals surface area contributed by atoms with Crippen LogP contribution in [0, 0.1) is 0 Å². The van der Waals surface area contributed by atoms with E-state index in [9.17, 15) is 9.59 Å². The number of thiophene rings is 2. The molecule has 0 aliphatic heterocycles. The molecular weight excluding hydrogens is 504 g/mol. The molecule has 0 radical (unpaired) electrons. The molecule has 0 aliphatic carbocycles. The number of amides is 2. The maximum atomic E-state index is 11.8. The minimum Gasteiger partial charge on any atom is -0.273 e. The van der Waals surface area contributed by atoms with Gasteiger partial charge in [-0.2, -0.15) is 10.2 Å². The lowest BCUT2D eigenvalue weighted by Crippen LogP contribution is -2.24. The zero-order valence-corrected chi connectivity index (χ0v) is 18.8. The minimum atomic E-state index is -0.321. The molecule has 0 saturated carbocycles. The Kier molecular flexibility index (Phi) is 8.14. The monoisotopic (exact) mass is 518 g/mol. The van der Waals surface area contributed by atoms with Crippen LogP contribution in [0.25, 0.3) is 0 Å². The third kappa shape index (κ3) is 6.75. The molecule has 2 amide bonds. The van der Waals surface area contributed by atoms with Gasteiger partial charge in [0.15, 0.2) is 0 Å². The molecular formula is C16H16Br2N4O2S2. The number of hydrogen-bond donors (Lipinski definition) is 2. The highest BCUT2D eigenvalue weighted by Crippen LogP contribution is 2.23. The Morgan fingerprint density at radius 3 is 1.54 bits per heavy atom. The summed E-state index contributed by atoms with van der Waals surface area (Å²) in [7, 11) is 0. The highest BCUT2D eigenvalue weighted by Gasteiger charge is 2.08. The maximum absolute atomic E-state index is 11.8. The molecule has 26 heavy (non-hydrogen) atoms. The van der Waals surface area contributed by atoms with Crippen molar-refractivity contribution in [2.45, 2.75) is 26.7 Å². The molecule has 0 spiro atoms. The molecule has 2 heterocycles. The van der Waals surface area contributed by atoms with Gasteiger partial charge in [0.05, 0.1) is 28.8 Å². The smallest absolute Gasteiger partial charge is 0.240 e. The molecule has 138 valence electrons. The predicted octanol–water partition coefficient (Wildman–Crippen LogP) is 4.50. The first-order valence-electron chi connectivity index (χ1n) is 7.53. The fourth-order valence-corrected chi connectivity index (χ4v) is 4.42. The SMILES string of the molecule is CC(=NNC(=O)CCC(=O)NN=C(C)c1ccc(Br)s1)c1ccc(Br)s1. The number of carbonyl (C=O) groups is 2. The molecule has 0 fully saturated rings. The van der Waals surface area contributed by atoms with Crippen LogP contribution in [-0.4, -0.2) is 23.2 Å². The van der Waals surface area contributed by atoms with Crippen LogP contribution in [0.4, 0.5) is 0 Å². The number of carbonyl (C=O) groups excluding carboxylic acids is 2. The van der Waals surface area contributed by atoms with Crippen molar-refractivity contribution in [2.24, 2.45) is 10.2 Å². The second-order valence-corrected chi connectivity index (χ2v) is 10.1. The second-order valence-electron chi connectivity index (χ2n) is 5.17. The molecule has 0 aromatic carbocycles. The van der Waals surface area contributed by atoms with Crippen LogP contribution in [0.5, 0.6) is 0 Å². The van der Waals surface area contributed by atoms with Crippen molar-refractivity contribution in [3.05, 3.63) is 41.6 Å². The molecule has 2 aromatic heterocycles. The zero-order valence-electron chi connectivity index (χ0n) is 14.0. The summed E-state index contributed by atoms with van der Waals surface area (Å²) in [6.07, 6.45) is 0.0751. The third-order valence-electron chi connectivity index (χ3n) is 3.14. The predicted molar refractivity (Wildman–Crippen MR) is 114 cm³/mol. The lowest BCUT2D eigenvalue weighted by Gasteiger charge is -2.02. The molecule has 0 unspecified atom stereocenters. The normalized spacial score (nSPS) is 12.2. The van der Waals surface area contributed by atoms with Crippen LogP contribution in [0.1, 0.15) is 36.4 Å². The Hall–Kier alpha value is -1.36. The van der Waals surface area contributed by atoms with Gasteiger partial charge in [0.1, 0.15) is 0 Å². The second kappa shape index (κ2) is 10.1. The van der Waals surface area contributed by atoms with Gasteiger partial charge in [-0.15, -0.1) is 22.7 Å². The number of nitrogens with zero attached hydrogens (tertiary/aromatic N) is 2. The van der Waals surface area contributed by atoms with Gasteiger partial charge in [0.2, 0.25) is 11.8 Å². The van der Waals surface area contributed by atoms with Gasteiger partial charge >= 0.3 is 0 Å². The van der Waals surface area contributed by atoms with Crippen LogP contribution in [0.2, 0.25) is 0 Å². The fourth-order valence-electron chi connectivity index (χ4n) is 1.76. The van der Waals surface area contributed by atoms with Crippen molar-refractivity contribution in [3.8, 4) is 0 Å². The maximum Gasteiger partial charge on any atom is 0.240 e. The molecule has 2 aromatic rings. The Balaban J connectivity index is 1.75. The van der Waals surface area contributed by atoms with Gasteiger partial charge in [0.25, 0.3) is 0 Å². The molecule has 0 aliphatic rings. The summed E-state index contributed by atoms with van der Waals surface area (Å²) in [6.45, 7) is 3.62. The lowest BCUT2D eigenvalue weighted by atomic mass is 10.3. The summed E-state index contributed by atoms with van der Waals surface area (Å²) in [4.78, 5) is 25.5. The van der Waals surface area contributed by atoms with E-state index in [0.717, 1.165) is 17.3 Å². The summed E-state index contributed by atoms with van der Waals surface area (Å²) < 4.78 is 1.99. The van der Waals surface area contributed by atoms with Crippen LogP contribution in [0.3, 0.4) is 0 Å². The van der Waals surface area contributed by atoms with E-state index in [-0.39, 0.29) is 24.7 Å². The first-order valence-corrected chi connectivity index (χ1v) is 10.7. The molecule has 6 nitrogen and oxygen atoms in total. The third-order valence-corrected chi connectivity index (χ3v) is 6.60. The summed E-state index contributed by atoms with van der Waals surface area (Å²) >= 11 is 9.82. The van der Waals surface area contributed by atoms with Gasteiger partial charge in [-0.1, -0.05) is 0 Å². The van der Waals surface area contributed by atoms with Crippen molar-refractivity contribution < 1.29 is 9.59 Å². The quantitative estimate of drug-likeness (QED) is 0.417. The van der Waals surface area contributed by atoms with Gasteiger partial charge in [-0.3, -0.25) is 9.59 Å². The van der Waals surface area contributed by atoms with E-state index in [1.54, 1.807) is 0 Å². The molecule has 2 N–H and O–H groups in total. The van der Waals surface area contributed by atoms with Gasteiger partial charge in [-0.05, 0) is 70.0 Å². The number of rotatable bonds is 7. The van der Waals surface area contributed by atoms with Crippen LogP contribution in [0.15, 0.2) is 42.0 Å². The average Bonchev–Trinajstić information content (AvgIpc) is 3.24. The Morgan fingerprint density at radius 1 is 0.846 bits per heavy atom. The van der Waals surface area contributed by atoms with Crippen molar-refractivity contribution in [3.63, 3.8) is 0 Å². The summed E-state index contributed by atoms with van der Waals surface area (Å²) in [5.41, 5.74) is 6.34. The standard InChI is InChI=1S/C16H16Br2N4O2S2/c1-9(11-3-5-13(17)25-11)19-21-15(23)7-8-16(24)22-20-10(2)12-4-6-14(18)26-12/h3-6H,7-8H2,1-2H3,(H,21,23)(H,22,24).